The lowest BCUT2D eigenvalue weighted by Gasteiger charge is -2.00. The maximum atomic E-state index is 13.6. The van der Waals surface area contributed by atoms with E-state index in [1.807, 2.05) is 22.6 Å². The lowest BCUT2D eigenvalue weighted by molar-refractivity contribution is 0.426. The second kappa shape index (κ2) is 3.76. The van der Waals surface area contributed by atoms with Crippen LogP contribution in [0.5, 0.6) is 0 Å². The number of thiophene rings is 1. The van der Waals surface area contributed by atoms with Gasteiger partial charge in [-0.05, 0) is 34.1 Å². The first kappa shape index (κ1) is 10.3. The molecule has 1 aromatic heterocycles. The number of benzene rings is 1. The minimum Gasteiger partial charge on any atom is -0.423 e. The maximum Gasteiger partial charge on any atom is 0.489 e. The van der Waals surface area contributed by atoms with Gasteiger partial charge >= 0.3 is 7.12 Å². The van der Waals surface area contributed by atoms with Gasteiger partial charge in [-0.25, -0.2) is 4.39 Å². The minimum atomic E-state index is -1.63. The summed E-state index contributed by atoms with van der Waals surface area (Å²) in [6, 6.07) is 4.96. The Morgan fingerprint density at radius 3 is 2.71 bits per heavy atom. The standard InChI is InChI=1S/C8H5BFIO2S/c10-7-6-4(9(12)13)2-1-3-5(6)14-8(7)11/h1-3,12-13H. The van der Waals surface area contributed by atoms with Gasteiger partial charge in [0.25, 0.3) is 0 Å². The van der Waals surface area contributed by atoms with Crippen LogP contribution in [0.2, 0.25) is 0 Å². The second-order valence-electron chi connectivity index (χ2n) is 2.78. The average Bonchev–Trinajstić information content (AvgIpc) is 2.43. The Kier molecular flexibility index (Phi) is 2.78. The molecule has 14 heavy (non-hydrogen) atoms. The van der Waals surface area contributed by atoms with Gasteiger partial charge in [0, 0.05) is 10.1 Å². The minimum absolute atomic E-state index is 0.221. The molecule has 2 rings (SSSR count). The van der Waals surface area contributed by atoms with Crippen molar-refractivity contribution in [2.75, 3.05) is 0 Å². The molecule has 0 aliphatic rings. The normalized spacial score (nSPS) is 10.9. The summed E-state index contributed by atoms with van der Waals surface area (Å²) in [5.74, 6) is -0.366. The van der Waals surface area contributed by atoms with Gasteiger partial charge in [-0.2, -0.15) is 0 Å². The summed E-state index contributed by atoms with van der Waals surface area (Å²) in [4.78, 5) is 0. The van der Waals surface area contributed by atoms with Crippen molar-refractivity contribution in [2.45, 2.75) is 0 Å². The van der Waals surface area contributed by atoms with E-state index in [1.165, 1.54) is 17.4 Å². The molecule has 72 valence electrons. The van der Waals surface area contributed by atoms with Crippen LogP contribution in [0.3, 0.4) is 0 Å². The number of rotatable bonds is 1. The second-order valence-corrected chi connectivity index (χ2v) is 5.65. The molecule has 0 radical (unpaired) electrons. The molecule has 0 amide bonds. The Balaban J connectivity index is 2.84. The van der Waals surface area contributed by atoms with Crippen molar-refractivity contribution in [3.63, 3.8) is 0 Å². The zero-order valence-corrected chi connectivity index (χ0v) is 9.84. The van der Waals surface area contributed by atoms with Gasteiger partial charge in [-0.3, -0.25) is 0 Å². The first-order chi connectivity index (χ1) is 6.61. The van der Waals surface area contributed by atoms with E-state index in [2.05, 4.69) is 0 Å². The zero-order chi connectivity index (χ0) is 10.3. The van der Waals surface area contributed by atoms with E-state index in [0.29, 0.717) is 8.27 Å². The lowest BCUT2D eigenvalue weighted by atomic mass is 9.78. The summed E-state index contributed by atoms with van der Waals surface area (Å²) in [5, 5.41) is 18.4. The van der Waals surface area contributed by atoms with Crippen LogP contribution in [0, 0.1) is 8.70 Å². The fourth-order valence-corrected chi connectivity index (χ4v) is 3.15. The van der Waals surface area contributed by atoms with E-state index in [0.717, 1.165) is 4.70 Å². The van der Waals surface area contributed by atoms with Crippen molar-refractivity contribution < 1.29 is 14.4 Å². The Hall–Kier alpha value is -0.175. The van der Waals surface area contributed by atoms with Crippen LogP contribution in [0.4, 0.5) is 4.39 Å². The number of hydrogen-bond donors (Lipinski definition) is 2. The third-order valence-corrected chi connectivity index (χ3v) is 3.98. The van der Waals surface area contributed by atoms with Crippen molar-refractivity contribution in [2.24, 2.45) is 0 Å². The van der Waals surface area contributed by atoms with E-state index >= 15 is 0 Å². The molecule has 2 nitrogen and oxygen atoms in total. The van der Waals surface area contributed by atoms with E-state index in [-0.39, 0.29) is 11.3 Å². The topological polar surface area (TPSA) is 40.5 Å². The van der Waals surface area contributed by atoms with Crippen LogP contribution in [0.1, 0.15) is 0 Å². The molecule has 1 heterocycles. The van der Waals surface area contributed by atoms with Gasteiger partial charge in [0.2, 0.25) is 0 Å². The zero-order valence-electron chi connectivity index (χ0n) is 6.87. The summed E-state index contributed by atoms with van der Waals surface area (Å²) >= 11 is 3.20. The van der Waals surface area contributed by atoms with Crippen LogP contribution in [-0.2, 0) is 0 Å². The van der Waals surface area contributed by atoms with Gasteiger partial charge in [0.15, 0.2) is 5.82 Å². The molecule has 1 aromatic carbocycles. The molecule has 0 fully saturated rings. The van der Waals surface area contributed by atoms with Gasteiger partial charge in [-0.1, -0.05) is 12.1 Å². The SMILES string of the molecule is OB(O)c1cccc2sc(I)c(F)c12. The summed E-state index contributed by atoms with van der Waals surface area (Å²) < 4.78 is 14.8. The van der Waals surface area contributed by atoms with E-state index < -0.39 is 7.12 Å². The molecule has 0 saturated heterocycles. The van der Waals surface area contributed by atoms with Gasteiger partial charge in [0.1, 0.15) is 2.88 Å². The van der Waals surface area contributed by atoms with Crippen molar-refractivity contribution >= 4 is 56.6 Å². The smallest absolute Gasteiger partial charge is 0.423 e. The molecule has 0 aliphatic heterocycles. The van der Waals surface area contributed by atoms with Gasteiger partial charge in [0.05, 0.1) is 0 Å². The summed E-state index contributed by atoms with van der Waals surface area (Å²) in [6.45, 7) is 0. The van der Waals surface area contributed by atoms with Crippen LogP contribution in [-0.4, -0.2) is 17.2 Å². The number of halogens is 2. The highest BCUT2D eigenvalue weighted by atomic mass is 127. The van der Waals surface area contributed by atoms with Crippen molar-refractivity contribution in [3.8, 4) is 0 Å². The molecule has 0 unspecified atom stereocenters. The third-order valence-electron chi connectivity index (χ3n) is 1.93. The molecular weight excluding hydrogens is 317 g/mol. The predicted octanol–water partition coefficient (Wildman–Crippen LogP) is 1.32. The molecule has 2 aromatic rings. The predicted molar refractivity (Wildman–Crippen MR) is 64.3 cm³/mol. The van der Waals surface area contributed by atoms with Crippen molar-refractivity contribution in [1.29, 1.82) is 0 Å². The quantitative estimate of drug-likeness (QED) is 0.614. The van der Waals surface area contributed by atoms with E-state index in [1.54, 1.807) is 12.1 Å². The summed E-state index contributed by atoms with van der Waals surface area (Å²) in [6.07, 6.45) is 0. The summed E-state index contributed by atoms with van der Waals surface area (Å²) in [7, 11) is -1.63. The largest absolute Gasteiger partial charge is 0.489 e. The maximum absolute atomic E-state index is 13.6. The first-order valence-electron chi connectivity index (χ1n) is 3.84. The Morgan fingerprint density at radius 2 is 2.07 bits per heavy atom. The number of hydrogen-bond acceptors (Lipinski definition) is 3. The van der Waals surface area contributed by atoms with E-state index in [9.17, 15) is 4.39 Å². The Bertz CT molecular complexity index is 485. The fourth-order valence-electron chi connectivity index (χ4n) is 1.32. The molecule has 0 bridgehead atoms. The molecule has 2 N–H and O–H groups in total. The van der Waals surface area contributed by atoms with Crippen LogP contribution < -0.4 is 5.46 Å². The highest BCUT2D eigenvalue weighted by molar-refractivity contribution is 14.1. The Morgan fingerprint density at radius 1 is 1.36 bits per heavy atom. The molecular formula is C8H5BFIO2S. The molecule has 0 saturated carbocycles. The molecule has 0 atom stereocenters. The van der Waals surface area contributed by atoms with Gasteiger partial charge in [-0.15, -0.1) is 11.3 Å². The fraction of sp³-hybridized carbons (Fsp3) is 0. The molecule has 0 aliphatic carbocycles. The molecule has 0 spiro atoms. The average molecular weight is 322 g/mol. The molecule has 6 heteroatoms. The van der Waals surface area contributed by atoms with Crippen molar-refractivity contribution in [3.05, 3.63) is 26.9 Å². The van der Waals surface area contributed by atoms with E-state index in [4.69, 9.17) is 10.0 Å². The highest BCUT2D eigenvalue weighted by Gasteiger charge is 2.20. The lowest BCUT2D eigenvalue weighted by Crippen LogP contribution is -2.30. The van der Waals surface area contributed by atoms with Gasteiger partial charge < -0.3 is 10.0 Å². The highest BCUT2D eigenvalue weighted by Crippen LogP contribution is 2.29. The van der Waals surface area contributed by atoms with Crippen molar-refractivity contribution in [1.82, 2.24) is 0 Å². The first-order valence-corrected chi connectivity index (χ1v) is 5.73. The van der Waals surface area contributed by atoms with Crippen LogP contribution in [0.25, 0.3) is 10.1 Å². The third kappa shape index (κ3) is 1.56. The monoisotopic (exact) mass is 322 g/mol. The van der Waals surface area contributed by atoms with Crippen LogP contribution >= 0.6 is 33.9 Å². The van der Waals surface area contributed by atoms with Crippen LogP contribution in [0.15, 0.2) is 18.2 Å². The summed E-state index contributed by atoms with van der Waals surface area (Å²) in [5.41, 5.74) is 0.221. The Labute approximate surface area is 97.7 Å². The number of fused-ring (bicyclic) bond motifs is 1.